The average molecular weight is 468 g/mol. The Bertz CT molecular complexity index is 1380. The van der Waals surface area contributed by atoms with Crippen LogP contribution in [0.1, 0.15) is 36.7 Å². The van der Waals surface area contributed by atoms with E-state index in [0.29, 0.717) is 12.1 Å². The summed E-state index contributed by atoms with van der Waals surface area (Å²) in [6.45, 7) is 6.73. The number of nitriles is 1. The van der Waals surface area contributed by atoms with Crippen LogP contribution in [0.15, 0.2) is 48.7 Å². The quantitative estimate of drug-likeness (QED) is 0.361. The number of carbonyl (C=O) groups excluding carboxylic acids is 1. The third-order valence-electron chi connectivity index (χ3n) is 5.98. The van der Waals surface area contributed by atoms with E-state index in [9.17, 15) is 10.1 Å². The number of anilines is 1. The zero-order valence-electron chi connectivity index (χ0n) is 20.5. The van der Waals surface area contributed by atoms with Gasteiger partial charge in [0.2, 0.25) is 6.41 Å². The summed E-state index contributed by atoms with van der Waals surface area (Å²) in [5, 5.41) is 17.8. The standard InChI is InChI=1S/C27H29N7O/c1-5-23(9-11-33(4)17-35)30-24-10-12-34-27(31-24)25(22-13-18(2)29-19(3)14-22)26(32-34)21-8-6-7-20(15-21)16-28/h6-8,10,12-15,17,23H,5,9,11H2,1-4H3,(H,30,31). The lowest BCUT2D eigenvalue weighted by Crippen LogP contribution is -2.26. The van der Waals surface area contributed by atoms with Crippen molar-refractivity contribution in [3.63, 3.8) is 0 Å². The second-order valence-electron chi connectivity index (χ2n) is 8.76. The van der Waals surface area contributed by atoms with E-state index in [1.807, 2.05) is 56.4 Å². The van der Waals surface area contributed by atoms with Gasteiger partial charge in [-0.15, -0.1) is 0 Å². The molecule has 0 radical (unpaired) electrons. The molecule has 0 bridgehead atoms. The third-order valence-corrected chi connectivity index (χ3v) is 5.98. The predicted octanol–water partition coefficient (Wildman–Crippen LogP) is 4.62. The van der Waals surface area contributed by atoms with E-state index in [2.05, 4.69) is 23.3 Å². The van der Waals surface area contributed by atoms with Crippen molar-refractivity contribution in [3.05, 3.63) is 65.6 Å². The Morgan fingerprint density at radius 3 is 2.60 bits per heavy atom. The summed E-state index contributed by atoms with van der Waals surface area (Å²) in [4.78, 5) is 22.1. The Kier molecular flexibility index (Phi) is 7.06. The van der Waals surface area contributed by atoms with Crippen molar-refractivity contribution in [2.24, 2.45) is 0 Å². The van der Waals surface area contributed by atoms with Crippen molar-refractivity contribution in [2.45, 2.75) is 39.7 Å². The molecule has 0 saturated carbocycles. The fraction of sp³-hybridized carbons (Fsp3) is 0.296. The molecule has 35 heavy (non-hydrogen) atoms. The molecular weight excluding hydrogens is 438 g/mol. The fourth-order valence-electron chi connectivity index (χ4n) is 4.19. The maximum atomic E-state index is 11.0. The van der Waals surface area contributed by atoms with Crippen molar-refractivity contribution in [3.8, 4) is 28.5 Å². The number of hydrogen-bond acceptors (Lipinski definition) is 6. The number of benzene rings is 1. The molecule has 0 fully saturated rings. The second kappa shape index (κ2) is 10.3. The normalized spacial score (nSPS) is 11.7. The zero-order chi connectivity index (χ0) is 24.9. The minimum atomic E-state index is 0.177. The summed E-state index contributed by atoms with van der Waals surface area (Å²) in [6, 6.07) is 15.8. The van der Waals surface area contributed by atoms with Gasteiger partial charge in [-0.3, -0.25) is 9.78 Å². The minimum Gasteiger partial charge on any atom is -0.367 e. The van der Waals surface area contributed by atoms with Gasteiger partial charge >= 0.3 is 0 Å². The van der Waals surface area contributed by atoms with Gasteiger partial charge in [0.1, 0.15) is 11.5 Å². The summed E-state index contributed by atoms with van der Waals surface area (Å²) in [5.74, 6) is 0.749. The lowest BCUT2D eigenvalue weighted by Gasteiger charge is -2.20. The summed E-state index contributed by atoms with van der Waals surface area (Å²) in [6.07, 6.45) is 4.47. The SMILES string of the molecule is CCC(CCN(C)C=O)Nc1ccn2nc(-c3cccc(C#N)c3)c(-c3cc(C)nc(C)c3)c2n1. The van der Waals surface area contributed by atoms with E-state index >= 15 is 0 Å². The van der Waals surface area contributed by atoms with Crippen LogP contribution in [0.4, 0.5) is 5.82 Å². The van der Waals surface area contributed by atoms with Gasteiger partial charge in [-0.25, -0.2) is 9.50 Å². The highest BCUT2D eigenvalue weighted by Crippen LogP contribution is 2.35. The number of nitrogens with zero attached hydrogens (tertiary/aromatic N) is 6. The molecule has 8 nitrogen and oxygen atoms in total. The smallest absolute Gasteiger partial charge is 0.209 e. The van der Waals surface area contributed by atoms with E-state index in [-0.39, 0.29) is 6.04 Å². The number of hydrogen-bond donors (Lipinski definition) is 1. The van der Waals surface area contributed by atoms with E-state index < -0.39 is 0 Å². The van der Waals surface area contributed by atoms with Crippen molar-refractivity contribution in [1.82, 2.24) is 24.5 Å². The molecule has 1 amide bonds. The number of pyridine rings is 1. The van der Waals surface area contributed by atoms with Crippen LogP contribution in [0.3, 0.4) is 0 Å². The van der Waals surface area contributed by atoms with Crippen molar-refractivity contribution < 1.29 is 4.79 Å². The van der Waals surface area contributed by atoms with Crippen molar-refractivity contribution >= 4 is 17.9 Å². The van der Waals surface area contributed by atoms with Crippen LogP contribution < -0.4 is 5.32 Å². The topological polar surface area (TPSA) is 99.2 Å². The number of carbonyl (C=O) groups is 1. The molecule has 4 aromatic rings. The average Bonchev–Trinajstić information content (AvgIpc) is 3.24. The molecule has 4 rings (SSSR count). The first-order chi connectivity index (χ1) is 16.9. The molecule has 8 heteroatoms. The highest BCUT2D eigenvalue weighted by molar-refractivity contribution is 5.91. The predicted molar refractivity (Wildman–Crippen MR) is 137 cm³/mol. The molecule has 0 saturated heterocycles. The van der Waals surface area contributed by atoms with Crippen LogP contribution in [0.25, 0.3) is 28.0 Å². The molecule has 1 atom stereocenters. The third kappa shape index (κ3) is 5.30. The number of rotatable bonds is 9. The first kappa shape index (κ1) is 23.9. The first-order valence-corrected chi connectivity index (χ1v) is 11.7. The van der Waals surface area contributed by atoms with Gasteiger partial charge in [0.25, 0.3) is 0 Å². The maximum absolute atomic E-state index is 11.0. The Morgan fingerprint density at radius 2 is 1.91 bits per heavy atom. The van der Waals surface area contributed by atoms with E-state index in [0.717, 1.165) is 64.5 Å². The van der Waals surface area contributed by atoms with Gasteiger partial charge in [-0.2, -0.15) is 10.4 Å². The maximum Gasteiger partial charge on any atom is 0.209 e. The number of fused-ring (bicyclic) bond motifs is 1. The summed E-state index contributed by atoms with van der Waals surface area (Å²) in [5.41, 5.74) is 6.61. The van der Waals surface area contributed by atoms with Crippen LogP contribution in [0.5, 0.6) is 0 Å². The Labute approximate surface area is 205 Å². The highest BCUT2D eigenvalue weighted by Gasteiger charge is 2.20. The van der Waals surface area contributed by atoms with E-state index in [1.165, 1.54) is 0 Å². The number of aromatic nitrogens is 4. The van der Waals surface area contributed by atoms with Crippen molar-refractivity contribution in [2.75, 3.05) is 18.9 Å². The van der Waals surface area contributed by atoms with Crippen LogP contribution in [0.2, 0.25) is 0 Å². The van der Waals surface area contributed by atoms with Gasteiger partial charge in [-0.05, 0) is 62.6 Å². The molecule has 1 unspecified atom stereocenters. The van der Waals surface area contributed by atoms with Gasteiger partial charge < -0.3 is 10.2 Å². The largest absolute Gasteiger partial charge is 0.367 e. The minimum absolute atomic E-state index is 0.177. The molecule has 1 aromatic carbocycles. The van der Waals surface area contributed by atoms with Gasteiger partial charge in [0.05, 0.1) is 17.2 Å². The number of amides is 1. The monoisotopic (exact) mass is 467 g/mol. The molecule has 3 heterocycles. The fourth-order valence-corrected chi connectivity index (χ4v) is 4.19. The molecule has 0 aliphatic rings. The second-order valence-corrected chi connectivity index (χ2v) is 8.76. The summed E-state index contributed by atoms with van der Waals surface area (Å²) in [7, 11) is 1.78. The molecule has 3 aromatic heterocycles. The Hall–Kier alpha value is -4.25. The van der Waals surface area contributed by atoms with Crippen LogP contribution >= 0.6 is 0 Å². The molecule has 178 valence electrons. The van der Waals surface area contributed by atoms with Crippen LogP contribution in [0, 0.1) is 25.2 Å². The highest BCUT2D eigenvalue weighted by atomic mass is 16.1. The zero-order valence-corrected chi connectivity index (χ0v) is 20.5. The molecule has 1 N–H and O–H groups in total. The summed E-state index contributed by atoms with van der Waals surface area (Å²) < 4.78 is 1.78. The molecule has 0 spiro atoms. The Balaban J connectivity index is 1.83. The molecule has 0 aliphatic carbocycles. The number of aryl methyl sites for hydroxylation is 2. The lowest BCUT2D eigenvalue weighted by molar-refractivity contribution is -0.117. The Morgan fingerprint density at radius 1 is 1.14 bits per heavy atom. The van der Waals surface area contributed by atoms with E-state index in [1.54, 1.807) is 22.5 Å². The molecule has 0 aliphatic heterocycles. The lowest BCUT2D eigenvalue weighted by atomic mass is 9.99. The van der Waals surface area contributed by atoms with Gasteiger partial charge in [-0.1, -0.05) is 19.1 Å². The van der Waals surface area contributed by atoms with Crippen LogP contribution in [-0.2, 0) is 4.79 Å². The molecular formula is C27H29N7O. The van der Waals surface area contributed by atoms with Crippen LogP contribution in [-0.4, -0.2) is 50.5 Å². The first-order valence-electron chi connectivity index (χ1n) is 11.7. The number of nitrogens with one attached hydrogen (secondary N) is 1. The summed E-state index contributed by atoms with van der Waals surface area (Å²) >= 11 is 0. The van der Waals surface area contributed by atoms with E-state index in [4.69, 9.17) is 10.1 Å². The van der Waals surface area contributed by atoms with Crippen molar-refractivity contribution in [1.29, 1.82) is 5.26 Å². The van der Waals surface area contributed by atoms with Gasteiger partial charge in [0, 0.05) is 42.8 Å². The van der Waals surface area contributed by atoms with Gasteiger partial charge in [0.15, 0.2) is 5.65 Å².